The summed E-state index contributed by atoms with van der Waals surface area (Å²) in [6.45, 7) is 3.90. The van der Waals surface area contributed by atoms with Crippen LogP contribution in [0.1, 0.15) is 36.7 Å². The SMILES string of the molecule is CC(=O)OCc1cc(C=O)c(OS(=O)(=O)C(F)(F)F)c(OC(C)C)c1. The van der Waals surface area contributed by atoms with Crippen molar-refractivity contribution in [1.29, 1.82) is 0 Å². The van der Waals surface area contributed by atoms with Crippen LogP contribution < -0.4 is 8.92 Å². The first-order chi connectivity index (χ1) is 11.4. The van der Waals surface area contributed by atoms with Gasteiger partial charge in [0.15, 0.2) is 17.8 Å². The molecule has 0 N–H and O–H groups in total. The zero-order valence-corrected chi connectivity index (χ0v) is 14.2. The van der Waals surface area contributed by atoms with Crippen molar-refractivity contribution in [2.45, 2.75) is 39.0 Å². The van der Waals surface area contributed by atoms with Gasteiger partial charge in [-0.25, -0.2) is 0 Å². The summed E-state index contributed by atoms with van der Waals surface area (Å²) in [4.78, 5) is 22.0. The van der Waals surface area contributed by atoms with Gasteiger partial charge in [-0.3, -0.25) is 9.59 Å². The summed E-state index contributed by atoms with van der Waals surface area (Å²) in [5.74, 6) is -1.93. The van der Waals surface area contributed by atoms with Crippen LogP contribution in [0.5, 0.6) is 11.5 Å². The third kappa shape index (κ3) is 5.62. The van der Waals surface area contributed by atoms with Crippen LogP contribution in [0.15, 0.2) is 12.1 Å². The molecule has 0 aromatic heterocycles. The molecule has 0 aliphatic rings. The standard InChI is InChI=1S/C14H15F3O7S/c1-8(2)23-12-5-10(7-22-9(3)19)4-11(6-18)13(12)24-25(20,21)14(15,16)17/h4-6,8H,7H2,1-3H3. The first-order valence-electron chi connectivity index (χ1n) is 6.80. The molecule has 1 aromatic carbocycles. The summed E-state index contributed by atoms with van der Waals surface area (Å²) in [5.41, 5.74) is -5.99. The van der Waals surface area contributed by atoms with E-state index in [1.165, 1.54) is 13.8 Å². The monoisotopic (exact) mass is 384 g/mol. The second-order valence-corrected chi connectivity index (χ2v) is 6.60. The highest BCUT2D eigenvalue weighted by molar-refractivity contribution is 7.88. The van der Waals surface area contributed by atoms with Crippen molar-refractivity contribution in [2.75, 3.05) is 0 Å². The molecule has 0 radical (unpaired) electrons. The van der Waals surface area contributed by atoms with Gasteiger partial charge in [0.05, 0.1) is 11.7 Å². The fourth-order valence-corrected chi connectivity index (χ4v) is 2.12. The zero-order valence-electron chi connectivity index (χ0n) is 13.4. The summed E-state index contributed by atoms with van der Waals surface area (Å²) in [5, 5.41) is 0. The van der Waals surface area contributed by atoms with Crippen molar-refractivity contribution in [3.8, 4) is 11.5 Å². The fraction of sp³-hybridized carbons (Fsp3) is 0.429. The summed E-state index contributed by atoms with van der Waals surface area (Å²) >= 11 is 0. The molecule has 0 saturated carbocycles. The van der Waals surface area contributed by atoms with Crippen LogP contribution in [-0.2, 0) is 26.3 Å². The maximum Gasteiger partial charge on any atom is 0.534 e. The van der Waals surface area contributed by atoms with E-state index < -0.39 is 44.8 Å². The van der Waals surface area contributed by atoms with Crippen LogP contribution in [0, 0.1) is 0 Å². The third-order valence-electron chi connectivity index (χ3n) is 2.55. The van der Waals surface area contributed by atoms with Crippen LogP contribution in [0.25, 0.3) is 0 Å². The number of ether oxygens (including phenoxy) is 2. The van der Waals surface area contributed by atoms with Crippen molar-refractivity contribution < 1.29 is 44.8 Å². The quantitative estimate of drug-likeness (QED) is 0.309. The predicted molar refractivity (Wildman–Crippen MR) is 78.7 cm³/mol. The molecule has 11 heteroatoms. The minimum absolute atomic E-state index is 0.103. The smallest absolute Gasteiger partial charge is 0.487 e. The molecule has 0 fully saturated rings. The van der Waals surface area contributed by atoms with Gasteiger partial charge in [0.2, 0.25) is 0 Å². The van der Waals surface area contributed by atoms with Gasteiger partial charge < -0.3 is 13.7 Å². The van der Waals surface area contributed by atoms with Gasteiger partial charge >= 0.3 is 21.6 Å². The number of halogens is 3. The van der Waals surface area contributed by atoms with E-state index in [0.29, 0.717) is 0 Å². The maximum atomic E-state index is 12.5. The maximum absolute atomic E-state index is 12.5. The average molecular weight is 384 g/mol. The van der Waals surface area contributed by atoms with Crippen molar-refractivity contribution in [3.05, 3.63) is 23.3 Å². The Balaban J connectivity index is 3.43. The lowest BCUT2D eigenvalue weighted by Crippen LogP contribution is -2.28. The molecule has 25 heavy (non-hydrogen) atoms. The first kappa shape index (κ1) is 20.7. The molecular formula is C14H15F3O7S. The molecule has 0 heterocycles. The molecule has 0 spiro atoms. The molecule has 0 bridgehead atoms. The molecule has 7 nitrogen and oxygen atoms in total. The highest BCUT2D eigenvalue weighted by atomic mass is 32.2. The predicted octanol–water partition coefficient (Wildman–Crippen LogP) is 2.58. The van der Waals surface area contributed by atoms with Gasteiger partial charge in [0, 0.05) is 6.92 Å². The van der Waals surface area contributed by atoms with Gasteiger partial charge in [0.25, 0.3) is 0 Å². The van der Waals surface area contributed by atoms with Crippen molar-refractivity contribution in [1.82, 2.24) is 0 Å². The van der Waals surface area contributed by atoms with Crippen molar-refractivity contribution in [3.63, 3.8) is 0 Å². The zero-order chi connectivity index (χ0) is 19.4. The second kappa shape index (κ2) is 7.72. The normalized spacial score (nSPS) is 12.0. The summed E-state index contributed by atoms with van der Waals surface area (Å²) in [6.07, 6.45) is -0.467. The average Bonchev–Trinajstić information content (AvgIpc) is 2.45. The lowest BCUT2D eigenvalue weighted by Gasteiger charge is -2.18. The van der Waals surface area contributed by atoms with Crippen LogP contribution in [0.3, 0.4) is 0 Å². The molecule has 0 saturated heterocycles. The van der Waals surface area contributed by atoms with Crippen molar-refractivity contribution in [2.24, 2.45) is 0 Å². The fourth-order valence-electron chi connectivity index (χ4n) is 1.63. The highest BCUT2D eigenvalue weighted by Gasteiger charge is 2.49. The molecule has 0 amide bonds. The number of carbonyl (C=O) groups is 2. The molecule has 0 aliphatic heterocycles. The molecule has 140 valence electrons. The number of alkyl halides is 3. The van der Waals surface area contributed by atoms with Crippen LogP contribution in [0.2, 0.25) is 0 Å². The molecule has 1 rings (SSSR count). The Bertz CT molecular complexity index is 754. The van der Waals surface area contributed by atoms with Gasteiger partial charge in [-0.15, -0.1) is 0 Å². The first-order valence-corrected chi connectivity index (χ1v) is 8.21. The highest BCUT2D eigenvalue weighted by Crippen LogP contribution is 2.37. The Morgan fingerprint density at radius 3 is 2.32 bits per heavy atom. The Kier molecular flexibility index (Phi) is 6.41. The van der Waals surface area contributed by atoms with Crippen LogP contribution in [0.4, 0.5) is 13.2 Å². The number of hydrogen-bond acceptors (Lipinski definition) is 7. The van der Waals surface area contributed by atoms with E-state index in [2.05, 4.69) is 4.18 Å². The minimum Gasteiger partial charge on any atom is -0.487 e. The Labute approximate surface area is 141 Å². The van der Waals surface area contributed by atoms with Crippen LogP contribution in [-0.4, -0.2) is 32.3 Å². The number of benzene rings is 1. The number of carbonyl (C=O) groups excluding carboxylic acids is 2. The topological polar surface area (TPSA) is 96.0 Å². The molecular weight excluding hydrogens is 369 g/mol. The van der Waals surface area contributed by atoms with Gasteiger partial charge in [-0.05, 0) is 31.5 Å². The van der Waals surface area contributed by atoms with E-state index in [-0.39, 0.29) is 18.5 Å². The largest absolute Gasteiger partial charge is 0.534 e. The van der Waals surface area contributed by atoms with E-state index >= 15 is 0 Å². The third-order valence-corrected chi connectivity index (χ3v) is 3.50. The van der Waals surface area contributed by atoms with E-state index in [1.54, 1.807) is 0 Å². The van der Waals surface area contributed by atoms with E-state index in [0.717, 1.165) is 19.1 Å². The number of esters is 1. The summed E-state index contributed by atoms with van der Waals surface area (Å²) < 4.78 is 74.1. The van der Waals surface area contributed by atoms with Crippen LogP contribution >= 0.6 is 0 Å². The van der Waals surface area contributed by atoms with Gasteiger partial charge in [-0.2, -0.15) is 21.6 Å². The Morgan fingerprint density at radius 2 is 1.88 bits per heavy atom. The second-order valence-electron chi connectivity index (χ2n) is 5.06. The lowest BCUT2D eigenvalue weighted by atomic mass is 10.1. The van der Waals surface area contributed by atoms with Gasteiger partial charge in [-0.1, -0.05) is 0 Å². The molecule has 0 unspecified atom stereocenters. The number of rotatable bonds is 7. The van der Waals surface area contributed by atoms with Gasteiger partial charge in [0.1, 0.15) is 6.61 Å². The van der Waals surface area contributed by atoms with E-state index in [9.17, 15) is 31.2 Å². The summed E-state index contributed by atoms with van der Waals surface area (Å²) in [6, 6.07) is 2.15. The van der Waals surface area contributed by atoms with Crippen molar-refractivity contribution >= 4 is 22.4 Å². The molecule has 1 aromatic rings. The minimum atomic E-state index is -6.00. The molecule has 0 atom stereocenters. The van der Waals surface area contributed by atoms with E-state index in [4.69, 9.17) is 9.47 Å². The number of aldehydes is 1. The molecule has 0 aliphatic carbocycles. The lowest BCUT2D eigenvalue weighted by molar-refractivity contribution is -0.142. The number of hydrogen-bond donors (Lipinski definition) is 0. The summed E-state index contributed by atoms with van der Waals surface area (Å²) in [7, 11) is -6.00. The Morgan fingerprint density at radius 1 is 1.28 bits per heavy atom. The van der Waals surface area contributed by atoms with E-state index in [1.807, 2.05) is 0 Å². The Hall–Kier alpha value is -2.30.